The summed E-state index contributed by atoms with van der Waals surface area (Å²) < 4.78 is 72.2. The Labute approximate surface area is 442 Å². The van der Waals surface area contributed by atoms with Crippen molar-refractivity contribution in [2.24, 2.45) is 17.8 Å². The Morgan fingerprint density at radius 1 is 0.566 bits per heavy atom. The number of anilines is 1. The number of fused-ring (bicyclic) bond motifs is 9. The van der Waals surface area contributed by atoms with Crippen LogP contribution in [0.5, 0.6) is 17.2 Å². The number of aromatic nitrogens is 4. The maximum absolute atomic E-state index is 16.9. The summed E-state index contributed by atoms with van der Waals surface area (Å²) in [5.74, 6) is -4.15. The average molecular weight is 1060 g/mol. The molecule has 2 aliphatic heterocycles. The minimum atomic E-state index is -1.66. The van der Waals surface area contributed by atoms with Gasteiger partial charge in [0.1, 0.15) is 22.9 Å². The van der Waals surface area contributed by atoms with Crippen LogP contribution in [0.2, 0.25) is 0 Å². The number of alkyl carbamates (subject to hydrolysis) is 1. The summed E-state index contributed by atoms with van der Waals surface area (Å²) >= 11 is 0. The van der Waals surface area contributed by atoms with Gasteiger partial charge in [-0.05, 0) is 145 Å². The summed E-state index contributed by atoms with van der Waals surface area (Å²) in [6.45, 7) is 0.712. The van der Waals surface area contributed by atoms with Gasteiger partial charge >= 0.3 is 6.09 Å². The van der Waals surface area contributed by atoms with Gasteiger partial charge in [-0.3, -0.25) is 0 Å². The predicted octanol–water partition coefficient (Wildman–Crippen LogP) is 14.5. The number of carbonyl (C=O) groups excluding carboxylic acids is 1. The van der Waals surface area contributed by atoms with E-state index in [0.717, 1.165) is 25.7 Å². The average Bonchev–Trinajstić information content (AvgIpc) is 4.13. The molecule has 3 aromatic heterocycles. The molecule has 11 rings (SSSR count). The van der Waals surface area contributed by atoms with Gasteiger partial charge < -0.3 is 40.7 Å². The van der Waals surface area contributed by atoms with Crippen molar-refractivity contribution in [1.29, 1.82) is 0 Å². The number of amides is 1. The fraction of sp³-hybridized carbons (Fsp3) is 0.203. The van der Waals surface area contributed by atoms with Gasteiger partial charge in [0.2, 0.25) is 0 Å². The number of benzene rings is 4. The molecule has 1 amide bonds. The number of nitrogens with one attached hydrogen (secondary N) is 4. The molecule has 17 heteroatoms. The zero-order valence-corrected chi connectivity index (χ0v) is 42.3. The SMILES string of the molecule is O=C(NCCSSCCNc1c(F)c(F)c(-c2c3nc(c(-c4cccc(O)c4)c4ccc([nH]4)c(-c4cccc(O)c4)c4nc(c(-c5cccc(O)c5)c5ccc2[nH]5)C=C4)C=C3)c(F)c1F)OC[C@@H]1[C@@H]2CC/C=C\CC[C@@H]21. The van der Waals surface area contributed by atoms with Gasteiger partial charge in [0.25, 0.3) is 0 Å². The van der Waals surface area contributed by atoms with Crippen LogP contribution in [-0.4, -0.2) is 72.6 Å². The monoisotopic (exact) mass is 1060 g/mol. The fourth-order valence-corrected chi connectivity index (χ4v) is 12.4. The number of aromatic hydroxyl groups is 3. The summed E-state index contributed by atoms with van der Waals surface area (Å²) in [7, 11) is 2.78. The first kappa shape index (κ1) is 50.3. The second-order valence-corrected chi connectivity index (χ2v) is 21.6. The molecule has 11 nitrogen and oxygen atoms in total. The molecule has 0 saturated heterocycles. The Morgan fingerprint density at radius 2 is 0.987 bits per heavy atom. The Hall–Kier alpha value is -7.89. The highest BCUT2D eigenvalue weighted by Crippen LogP contribution is 2.53. The molecule has 7 N–H and O–H groups in total. The Kier molecular flexibility index (Phi) is 14.4. The molecular weight excluding hydrogens is 1010 g/mol. The van der Waals surface area contributed by atoms with Crippen LogP contribution in [0.3, 0.4) is 0 Å². The van der Waals surface area contributed by atoms with Crippen LogP contribution < -0.4 is 10.6 Å². The van der Waals surface area contributed by atoms with Crippen molar-refractivity contribution in [3.8, 4) is 61.8 Å². The molecule has 0 radical (unpaired) electrons. The van der Waals surface area contributed by atoms with E-state index in [9.17, 15) is 20.1 Å². The van der Waals surface area contributed by atoms with E-state index in [-0.39, 0.29) is 46.3 Å². The first-order valence-corrected chi connectivity index (χ1v) is 27.4. The molecule has 4 aliphatic rings. The van der Waals surface area contributed by atoms with Crippen molar-refractivity contribution in [1.82, 2.24) is 25.3 Å². The number of halogens is 4. The maximum Gasteiger partial charge on any atom is 0.407 e. The molecule has 7 aromatic rings. The number of carbonyl (C=O) groups is 1. The Balaban J connectivity index is 0.946. The molecule has 386 valence electrons. The third kappa shape index (κ3) is 10.3. The highest BCUT2D eigenvalue weighted by Gasteiger charge is 2.49. The van der Waals surface area contributed by atoms with E-state index in [2.05, 4.69) is 32.8 Å². The minimum Gasteiger partial charge on any atom is -0.508 e. The van der Waals surface area contributed by atoms with Crippen LogP contribution in [0.1, 0.15) is 48.5 Å². The van der Waals surface area contributed by atoms with Gasteiger partial charge in [-0.25, -0.2) is 32.3 Å². The number of H-pyrrole nitrogens is 2. The molecule has 5 heterocycles. The molecule has 4 aromatic carbocycles. The molecular formula is C59H50F4N6O5S2. The number of ether oxygens (including phenoxy) is 1. The number of hydrogen-bond donors (Lipinski definition) is 7. The molecule has 3 atom stereocenters. The Bertz CT molecular complexity index is 3600. The lowest BCUT2D eigenvalue weighted by atomic mass is 10.0. The number of allylic oxidation sites excluding steroid dienone is 2. The summed E-state index contributed by atoms with van der Waals surface area (Å²) in [6, 6.07) is 26.5. The maximum atomic E-state index is 16.9. The van der Waals surface area contributed by atoms with Crippen molar-refractivity contribution in [2.45, 2.75) is 25.7 Å². The third-order valence-electron chi connectivity index (χ3n) is 14.1. The minimum absolute atomic E-state index is 0.0306. The van der Waals surface area contributed by atoms with Crippen molar-refractivity contribution >= 4 is 79.7 Å². The molecule has 1 fully saturated rings. The van der Waals surface area contributed by atoms with Crippen LogP contribution in [0, 0.1) is 41.0 Å². The predicted molar refractivity (Wildman–Crippen MR) is 296 cm³/mol. The molecule has 1 saturated carbocycles. The molecule has 76 heavy (non-hydrogen) atoms. The summed E-state index contributed by atoms with van der Waals surface area (Å²) in [6.07, 6.45) is 15.1. The van der Waals surface area contributed by atoms with Crippen molar-refractivity contribution in [2.75, 3.05) is 36.5 Å². The summed E-state index contributed by atoms with van der Waals surface area (Å²) in [4.78, 5) is 29.2. The number of phenolic OH excluding ortho intramolecular Hbond substituents is 3. The second-order valence-electron chi connectivity index (χ2n) is 18.9. The molecule has 2 aliphatic carbocycles. The van der Waals surface area contributed by atoms with Gasteiger partial charge in [-0.2, -0.15) is 0 Å². The van der Waals surface area contributed by atoms with Crippen molar-refractivity contribution < 1.29 is 42.4 Å². The number of phenols is 3. The zero-order chi connectivity index (χ0) is 52.5. The van der Waals surface area contributed by atoms with Crippen LogP contribution in [-0.2, 0) is 4.74 Å². The van der Waals surface area contributed by atoms with E-state index in [1.807, 2.05) is 24.3 Å². The first-order chi connectivity index (χ1) is 37.0. The third-order valence-corrected chi connectivity index (χ3v) is 16.5. The highest BCUT2D eigenvalue weighted by atomic mass is 33.1. The smallest absolute Gasteiger partial charge is 0.407 e. The van der Waals surface area contributed by atoms with Crippen LogP contribution >= 0.6 is 21.6 Å². The molecule has 0 unspecified atom stereocenters. The topological polar surface area (TPSA) is 168 Å². The van der Waals surface area contributed by atoms with E-state index in [1.165, 1.54) is 58.0 Å². The lowest BCUT2D eigenvalue weighted by Gasteiger charge is -2.14. The molecule has 0 spiro atoms. The zero-order valence-electron chi connectivity index (χ0n) is 40.7. The molecule has 8 bridgehead atoms. The van der Waals surface area contributed by atoms with Crippen molar-refractivity contribution in [3.05, 3.63) is 155 Å². The van der Waals surface area contributed by atoms with Crippen LogP contribution in [0.15, 0.2) is 109 Å². The van der Waals surface area contributed by atoms with Crippen LogP contribution in [0.4, 0.5) is 28.0 Å². The quantitative estimate of drug-likeness (QED) is 0.0183. The van der Waals surface area contributed by atoms with Gasteiger partial charge in [0.15, 0.2) is 23.3 Å². The van der Waals surface area contributed by atoms with E-state index in [1.54, 1.807) is 60.7 Å². The van der Waals surface area contributed by atoms with E-state index >= 15 is 17.6 Å². The highest BCUT2D eigenvalue weighted by molar-refractivity contribution is 8.76. The van der Waals surface area contributed by atoms with Crippen LogP contribution in [0.25, 0.3) is 90.9 Å². The van der Waals surface area contributed by atoms with E-state index < -0.39 is 40.6 Å². The summed E-state index contributed by atoms with van der Waals surface area (Å²) in [5, 5.41) is 37.4. The normalized spacial score (nSPS) is 16.9. The number of hydrogen-bond acceptors (Lipinski definition) is 10. The number of nitrogens with zero attached hydrogens (tertiary/aromatic N) is 2. The van der Waals surface area contributed by atoms with Gasteiger partial charge in [-0.1, -0.05) is 70.1 Å². The number of aromatic amines is 2. The Morgan fingerprint density at radius 3 is 1.43 bits per heavy atom. The lowest BCUT2D eigenvalue weighted by molar-refractivity contribution is 0.138. The largest absolute Gasteiger partial charge is 0.508 e. The van der Waals surface area contributed by atoms with Gasteiger partial charge in [-0.15, -0.1) is 0 Å². The van der Waals surface area contributed by atoms with E-state index in [4.69, 9.17) is 14.7 Å². The van der Waals surface area contributed by atoms with Gasteiger partial charge in [0, 0.05) is 68.9 Å². The standard InChI is InChI=1S/C59H50F4N6O5S2/c60-54-53(55(61)57(63)58(56(54)62)64-24-26-75-76-27-25-65-59(73)74-31-40-38-14-3-1-2-4-15-39(38)40)52-47-22-20-45(68-47)50(33-9-6-12-36(71)29-33)43-18-16-41(66-43)49(32-8-5-11-35(70)28-32)42-17-19-44(67-42)51(46-21-23-48(52)69-46)34-10-7-13-37(72)30-34/h1-2,5-13,16-23,28-30,38-40,64,66,69-72H,3-4,14-15,24-27,31H2,(H,65,73)/b2-1-,49-41?,49-42?,50-43?,50-45?,51-44?,51-46?,52-47?,52-48?/t38-,39+,40-. The van der Waals surface area contributed by atoms with Gasteiger partial charge in [0.05, 0.1) is 34.9 Å². The first-order valence-electron chi connectivity index (χ1n) is 25.0. The fourth-order valence-electron chi connectivity index (χ4n) is 10.6. The van der Waals surface area contributed by atoms with E-state index in [0.29, 0.717) is 104 Å². The van der Waals surface area contributed by atoms with Crippen molar-refractivity contribution in [3.63, 3.8) is 0 Å². The number of rotatable bonds is 14. The lowest BCUT2D eigenvalue weighted by Crippen LogP contribution is -2.27. The summed E-state index contributed by atoms with van der Waals surface area (Å²) in [5.41, 5.74) is 3.65. The second kappa shape index (κ2) is 21.8.